The number of halogens is 2. The van der Waals surface area contributed by atoms with Crippen molar-refractivity contribution in [1.82, 2.24) is 10.2 Å². The zero-order valence-corrected chi connectivity index (χ0v) is 12.4. The van der Waals surface area contributed by atoms with Gasteiger partial charge in [-0.2, -0.15) is 0 Å². The summed E-state index contributed by atoms with van der Waals surface area (Å²) in [7, 11) is 0. The first-order valence-electron chi connectivity index (χ1n) is 6.99. The molecule has 116 valence electrons. The number of hydrogen-bond acceptors (Lipinski definition) is 4. The maximum absolute atomic E-state index is 13.3. The SMILES string of the molecule is Cl.O=[N+]([O-])c1ccc(F)cc1CN1CCC2CNCC2C1. The van der Waals surface area contributed by atoms with Crippen LogP contribution >= 0.6 is 12.4 Å². The van der Waals surface area contributed by atoms with Crippen LogP contribution in [-0.4, -0.2) is 36.0 Å². The first kappa shape index (κ1) is 16.1. The van der Waals surface area contributed by atoms with Crippen LogP contribution < -0.4 is 5.32 Å². The van der Waals surface area contributed by atoms with Crippen LogP contribution in [0.25, 0.3) is 0 Å². The van der Waals surface area contributed by atoms with Crippen LogP contribution in [0.15, 0.2) is 18.2 Å². The highest BCUT2D eigenvalue weighted by Crippen LogP contribution is 2.29. The van der Waals surface area contributed by atoms with Crippen molar-refractivity contribution in [2.75, 3.05) is 26.2 Å². The maximum Gasteiger partial charge on any atom is 0.274 e. The van der Waals surface area contributed by atoms with E-state index in [-0.39, 0.29) is 18.1 Å². The molecule has 1 aromatic rings. The summed E-state index contributed by atoms with van der Waals surface area (Å²) in [5, 5.41) is 14.4. The highest BCUT2D eigenvalue weighted by Gasteiger charge is 2.33. The summed E-state index contributed by atoms with van der Waals surface area (Å²) < 4.78 is 13.3. The van der Waals surface area contributed by atoms with Gasteiger partial charge in [0.1, 0.15) is 5.82 Å². The van der Waals surface area contributed by atoms with Crippen LogP contribution in [0.3, 0.4) is 0 Å². The van der Waals surface area contributed by atoms with Gasteiger partial charge in [0.05, 0.1) is 4.92 Å². The number of rotatable bonds is 3. The molecule has 2 atom stereocenters. The second-order valence-corrected chi connectivity index (χ2v) is 5.73. The summed E-state index contributed by atoms with van der Waals surface area (Å²) in [6.45, 7) is 4.42. The van der Waals surface area contributed by atoms with Crippen molar-refractivity contribution < 1.29 is 9.31 Å². The minimum atomic E-state index is -0.432. The molecule has 2 unspecified atom stereocenters. The van der Waals surface area contributed by atoms with Gasteiger partial charge >= 0.3 is 0 Å². The molecule has 0 saturated carbocycles. The van der Waals surface area contributed by atoms with Crippen LogP contribution in [0.2, 0.25) is 0 Å². The lowest BCUT2D eigenvalue weighted by Gasteiger charge is -2.34. The van der Waals surface area contributed by atoms with E-state index in [2.05, 4.69) is 10.2 Å². The molecular formula is C14H19ClFN3O2. The second-order valence-electron chi connectivity index (χ2n) is 5.73. The zero-order chi connectivity index (χ0) is 14.1. The summed E-state index contributed by atoms with van der Waals surface area (Å²) in [5.74, 6) is 0.938. The number of likely N-dealkylation sites (tertiary alicyclic amines) is 1. The molecule has 3 rings (SSSR count). The fourth-order valence-corrected chi connectivity index (χ4v) is 3.35. The average Bonchev–Trinajstić information content (AvgIpc) is 2.85. The van der Waals surface area contributed by atoms with Crippen molar-refractivity contribution in [3.8, 4) is 0 Å². The van der Waals surface area contributed by atoms with Crippen LogP contribution in [0.4, 0.5) is 10.1 Å². The average molecular weight is 316 g/mol. The van der Waals surface area contributed by atoms with E-state index in [1.165, 1.54) is 12.1 Å². The van der Waals surface area contributed by atoms with E-state index in [9.17, 15) is 14.5 Å². The second kappa shape index (κ2) is 6.68. The first-order valence-corrected chi connectivity index (χ1v) is 6.99. The fourth-order valence-electron chi connectivity index (χ4n) is 3.35. The molecule has 0 amide bonds. The summed E-state index contributed by atoms with van der Waals surface area (Å²) >= 11 is 0. The molecule has 2 heterocycles. The van der Waals surface area contributed by atoms with Crippen molar-refractivity contribution in [2.45, 2.75) is 13.0 Å². The van der Waals surface area contributed by atoms with E-state index < -0.39 is 10.7 Å². The molecule has 0 aromatic heterocycles. The number of nitrogens with zero attached hydrogens (tertiary/aromatic N) is 2. The van der Waals surface area contributed by atoms with E-state index in [1.54, 1.807) is 0 Å². The van der Waals surface area contributed by atoms with Gasteiger partial charge in [-0.25, -0.2) is 4.39 Å². The molecule has 1 aromatic carbocycles. The summed E-state index contributed by atoms with van der Waals surface area (Å²) in [6, 6.07) is 3.69. The molecule has 0 bridgehead atoms. The Bertz CT molecular complexity index is 529. The highest BCUT2D eigenvalue weighted by atomic mass is 35.5. The van der Waals surface area contributed by atoms with E-state index in [0.29, 0.717) is 18.0 Å². The monoisotopic (exact) mass is 315 g/mol. The topological polar surface area (TPSA) is 58.4 Å². The third-order valence-corrected chi connectivity index (χ3v) is 4.42. The van der Waals surface area contributed by atoms with Crippen LogP contribution in [0.5, 0.6) is 0 Å². The largest absolute Gasteiger partial charge is 0.316 e. The molecule has 0 radical (unpaired) electrons. The fraction of sp³-hybridized carbons (Fsp3) is 0.571. The lowest BCUT2D eigenvalue weighted by atomic mass is 9.88. The highest BCUT2D eigenvalue weighted by molar-refractivity contribution is 5.85. The molecule has 0 spiro atoms. The van der Waals surface area contributed by atoms with Gasteiger partial charge in [-0.05, 0) is 50.0 Å². The van der Waals surface area contributed by atoms with Crippen molar-refractivity contribution in [3.05, 3.63) is 39.7 Å². The molecule has 2 fully saturated rings. The zero-order valence-electron chi connectivity index (χ0n) is 11.6. The Hall–Kier alpha value is -1.24. The normalized spacial score (nSPS) is 25.2. The molecule has 7 heteroatoms. The Morgan fingerprint density at radius 3 is 2.90 bits per heavy atom. The van der Waals surface area contributed by atoms with E-state index in [1.807, 2.05) is 0 Å². The van der Waals surface area contributed by atoms with Crippen molar-refractivity contribution in [2.24, 2.45) is 11.8 Å². The third-order valence-electron chi connectivity index (χ3n) is 4.42. The molecule has 5 nitrogen and oxygen atoms in total. The number of piperidine rings is 1. The van der Waals surface area contributed by atoms with Crippen molar-refractivity contribution >= 4 is 18.1 Å². The Morgan fingerprint density at radius 2 is 2.14 bits per heavy atom. The lowest BCUT2D eigenvalue weighted by Crippen LogP contribution is -2.39. The van der Waals surface area contributed by atoms with Crippen LogP contribution in [0.1, 0.15) is 12.0 Å². The van der Waals surface area contributed by atoms with E-state index >= 15 is 0 Å². The Labute approximate surface area is 129 Å². The van der Waals surface area contributed by atoms with Gasteiger partial charge in [-0.3, -0.25) is 15.0 Å². The lowest BCUT2D eigenvalue weighted by molar-refractivity contribution is -0.385. The van der Waals surface area contributed by atoms with Gasteiger partial charge in [0, 0.05) is 24.7 Å². The molecule has 21 heavy (non-hydrogen) atoms. The minimum absolute atomic E-state index is 0. The van der Waals surface area contributed by atoms with E-state index in [4.69, 9.17) is 0 Å². The number of benzene rings is 1. The molecule has 1 N–H and O–H groups in total. The molecule has 0 aliphatic carbocycles. The first-order chi connectivity index (χ1) is 9.63. The number of nitrogens with one attached hydrogen (secondary N) is 1. The van der Waals surface area contributed by atoms with Gasteiger partial charge < -0.3 is 5.32 Å². The maximum atomic E-state index is 13.3. The molecule has 2 aliphatic heterocycles. The van der Waals surface area contributed by atoms with Gasteiger partial charge in [0.15, 0.2) is 0 Å². The molecule has 2 saturated heterocycles. The number of nitro benzene ring substituents is 1. The minimum Gasteiger partial charge on any atom is -0.316 e. The predicted molar refractivity (Wildman–Crippen MR) is 80.0 cm³/mol. The number of nitro groups is 1. The van der Waals surface area contributed by atoms with Crippen LogP contribution in [-0.2, 0) is 6.54 Å². The smallest absolute Gasteiger partial charge is 0.274 e. The molecule has 2 aliphatic rings. The van der Waals surface area contributed by atoms with Gasteiger partial charge in [-0.15, -0.1) is 12.4 Å². The van der Waals surface area contributed by atoms with Gasteiger partial charge in [-0.1, -0.05) is 0 Å². The summed E-state index contributed by atoms with van der Waals surface area (Å²) in [6.07, 6.45) is 1.11. The molecular weight excluding hydrogens is 297 g/mol. The third kappa shape index (κ3) is 3.51. The predicted octanol–water partition coefficient (Wildman–Crippen LogP) is 2.20. The summed E-state index contributed by atoms with van der Waals surface area (Å²) in [5.41, 5.74) is 0.484. The Morgan fingerprint density at radius 1 is 1.38 bits per heavy atom. The van der Waals surface area contributed by atoms with Crippen LogP contribution in [0, 0.1) is 27.8 Å². The summed E-state index contributed by atoms with van der Waals surface area (Å²) in [4.78, 5) is 12.8. The number of hydrogen-bond donors (Lipinski definition) is 1. The van der Waals surface area contributed by atoms with Gasteiger partial charge in [0.25, 0.3) is 5.69 Å². The van der Waals surface area contributed by atoms with E-state index in [0.717, 1.165) is 44.6 Å². The van der Waals surface area contributed by atoms with Crippen molar-refractivity contribution in [3.63, 3.8) is 0 Å². The van der Waals surface area contributed by atoms with Gasteiger partial charge in [0.2, 0.25) is 0 Å². The number of fused-ring (bicyclic) bond motifs is 1. The Kier molecular flexibility index (Phi) is 5.13. The Balaban J connectivity index is 0.00000161. The quantitative estimate of drug-likeness (QED) is 0.686. The standard InChI is InChI=1S/C14H18FN3O2.ClH/c15-13-1-2-14(18(19)20)11(5-13)8-17-4-3-10-6-16-7-12(10)9-17;/h1-2,5,10,12,16H,3-4,6-9H2;1H. The van der Waals surface area contributed by atoms with Crippen molar-refractivity contribution in [1.29, 1.82) is 0 Å².